The summed E-state index contributed by atoms with van der Waals surface area (Å²) in [5.41, 5.74) is 3.77. The molecule has 2 aromatic carbocycles. The van der Waals surface area contributed by atoms with Crippen LogP contribution in [0, 0.1) is 12.3 Å². The molecule has 3 aromatic rings. The van der Waals surface area contributed by atoms with Crippen molar-refractivity contribution >= 4 is 55.0 Å². The standard InChI is InChI=1S/C21H16Br2N2O4/c1-3-7-28-19-11-16(23)14(10-18(19)27-4-2)12-24-25-21(26)20-9-13-8-15(22)5-6-17(13)29-20/h1,5-6,8-12H,4,7H2,2H3,(H,25,26)/b24-12+. The van der Waals surface area contributed by atoms with Gasteiger partial charge in [0.15, 0.2) is 17.3 Å². The molecular weight excluding hydrogens is 504 g/mol. The minimum atomic E-state index is -0.455. The van der Waals surface area contributed by atoms with Gasteiger partial charge in [0, 0.05) is 19.9 Å². The lowest BCUT2D eigenvalue weighted by atomic mass is 10.2. The van der Waals surface area contributed by atoms with Crippen LogP contribution in [0.25, 0.3) is 11.0 Å². The van der Waals surface area contributed by atoms with Gasteiger partial charge >= 0.3 is 5.91 Å². The van der Waals surface area contributed by atoms with Crippen molar-refractivity contribution in [2.45, 2.75) is 6.92 Å². The number of rotatable bonds is 7. The van der Waals surface area contributed by atoms with Gasteiger partial charge in [0.25, 0.3) is 0 Å². The van der Waals surface area contributed by atoms with Gasteiger partial charge in [-0.3, -0.25) is 4.79 Å². The third-order valence-electron chi connectivity index (χ3n) is 3.75. The number of terminal acetylenes is 1. The first-order chi connectivity index (χ1) is 14.0. The van der Waals surface area contributed by atoms with Gasteiger partial charge < -0.3 is 13.9 Å². The number of halogens is 2. The second kappa shape index (κ2) is 9.63. The van der Waals surface area contributed by atoms with E-state index in [2.05, 4.69) is 48.3 Å². The topological polar surface area (TPSA) is 73.1 Å². The van der Waals surface area contributed by atoms with Gasteiger partial charge in [-0.15, -0.1) is 6.42 Å². The second-order valence-corrected chi connectivity index (χ2v) is 7.51. The Balaban J connectivity index is 1.75. The molecule has 1 amide bonds. The number of ether oxygens (including phenoxy) is 2. The maximum absolute atomic E-state index is 12.3. The van der Waals surface area contributed by atoms with Gasteiger partial charge in [-0.2, -0.15) is 5.10 Å². The predicted octanol–water partition coefficient (Wildman–Crippen LogP) is 5.13. The highest BCUT2D eigenvalue weighted by Crippen LogP contribution is 2.33. The summed E-state index contributed by atoms with van der Waals surface area (Å²) in [6.45, 7) is 2.46. The third kappa shape index (κ3) is 5.19. The average molecular weight is 520 g/mol. The molecule has 0 fully saturated rings. The van der Waals surface area contributed by atoms with E-state index in [1.165, 1.54) is 6.21 Å². The monoisotopic (exact) mass is 518 g/mol. The normalized spacial score (nSPS) is 10.8. The Hall–Kier alpha value is -2.76. The first-order valence-corrected chi connectivity index (χ1v) is 10.2. The molecule has 1 N–H and O–H groups in total. The van der Waals surface area contributed by atoms with Crippen molar-refractivity contribution in [1.29, 1.82) is 0 Å². The van der Waals surface area contributed by atoms with Crippen LogP contribution in [0.4, 0.5) is 0 Å². The maximum Gasteiger partial charge on any atom is 0.307 e. The highest BCUT2D eigenvalue weighted by Gasteiger charge is 2.13. The Bertz CT molecular complexity index is 1120. The molecule has 0 atom stereocenters. The van der Waals surface area contributed by atoms with E-state index in [1.54, 1.807) is 24.3 Å². The van der Waals surface area contributed by atoms with E-state index >= 15 is 0 Å². The van der Waals surface area contributed by atoms with Crippen LogP contribution in [-0.4, -0.2) is 25.3 Å². The summed E-state index contributed by atoms with van der Waals surface area (Å²) in [7, 11) is 0. The smallest absolute Gasteiger partial charge is 0.307 e. The molecule has 1 aromatic heterocycles. The Morgan fingerprint density at radius 1 is 1.24 bits per heavy atom. The number of benzene rings is 2. The van der Waals surface area contributed by atoms with Crippen LogP contribution in [0.2, 0.25) is 0 Å². The fourth-order valence-corrected chi connectivity index (χ4v) is 3.30. The van der Waals surface area contributed by atoms with E-state index < -0.39 is 5.91 Å². The van der Waals surface area contributed by atoms with E-state index in [4.69, 9.17) is 20.3 Å². The summed E-state index contributed by atoms with van der Waals surface area (Å²) < 4.78 is 18.2. The van der Waals surface area contributed by atoms with E-state index in [1.807, 2.05) is 19.1 Å². The zero-order valence-corrected chi connectivity index (χ0v) is 18.5. The number of hydrogen-bond donors (Lipinski definition) is 1. The first kappa shape index (κ1) is 21.0. The highest BCUT2D eigenvalue weighted by atomic mass is 79.9. The number of hydrazone groups is 1. The van der Waals surface area contributed by atoms with Crippen LogP contribution in [0.15, 0.2) is 54.9 Å². The molecule has 8 heteroatoms. The molecule has 0 bridgehead atoms. The van der Waals surface area contributed by atoms with Gasteiger partial charge in [-0.05, 0) is 59.3 Å². The van der Waals surface area contributed by atoms with Crippen molar-refractivity contribution in [1.82, 2.24) is 5.43 Å². The van der Waals surface area contributed by atoms with Crippen LogP contribution in [0.5, 0.6) is 11.5 Å². The second-order valence-electron chi connectivity index (χ2n) is 5.74. The quantitative estimate of drug-likeness (QED) is 0.267. The lowest BCUT2D eigenvalue weighted by Crippen LogP contribution is -2.16. The maximum atomic E-state index is 12.3. The molecule has 0 aliphatic carbocycles. The first-order valence-electron chi connectivity index (χ1n) is 8.57. The van der Waals surface area contributed by atoms with Crippen molar-refractivity contribution in [2.75, 3.05) is 13.2 Å². The Kier molecular flexibility index (Phi) is 6.96. The van der Waals surface area contributed by atoms with Crippen molar-refractivity contribution < 1.29 is 18.7 Å². The Labute approximate surface area is 184 Å². The van der Waals surface area contributed by atoms with Gasteiger partial charge in [0.2, 0.25) is 0 Å². The van der Waals surface area contributed by atoms with Crippen molar-refractivity contribution in [3.05, 3.63) is 56.7 Å². The summed E-state index contributed by atoms with van der Waals surface area (Å²) in [5.74, 6) is 3.18. The summed E-state index contributed by atoms with van der Waals surface area (Å²) in [6, 6.07) is 10.6. The van der Waals surface area contributed by atoms with Gasteiger partial charge in [-0.25, -0.2) is 5.43 Å². The van der Waals surface area contributed by atoms with E-state index in [-0.39, 0.29) is 12.4 Å². The molecule has 0 radical (unpaired) electrons. The fraction of sp³-hybridized carbons (Fsp3) is 0.143. The highest BCUT2D eigenvalue weighted by molar-refractivity contribution is 9.10. The van der Waals surface area contributed by atoms with E-state index in [0.717, 1.165) is 9.86 Å². The molecule has 0 aliphatic rings. The minimum absolute atomic E-state index is 0.129. The summed E-state index contributed by atoms with van der Waals surface area (Å²) in [4.78, 5) is 12.3. The number of carbonyl (C=O) groups excluding carboxylic acids is 1. The molecule has 148 valence electrons. The van der Waals surface area contributed by atoms with E-state index in [0.29, 0.717) is 33.7 Å². The summed E-state index contributed by atoms with van der Waals surface area (Å²) >= 11 is 6.84. The molecule has 0 saturated carbocycles. The molecule has 0 unspecified atom stereocenters. The molecule has 0 spiro atoms. The van der Waals surface area contributed by atoms with Crippen molar-refractivity contribution in [2.24, 2.45) is 5.10 Å². The molecular formula is C21H16Br2N2O4. The van der Waals surface area contributed by atoms with Crippen LogP contribution >= 0.6 is 31.9 Å². The lowest BCUT2D eigenvalue weighted by molar-refractivity contribution is 0.0929. The van der Waals surface area contributed by atoms with Gasteiger partial charge in [0.1, 0.15) is 12.2 Å². The van der Waals surface area contributed by atoms with Gasteiger partial charge in [0.05, 0.1) is 12.8 Å². The summed E-state index contributed by atoms with van der Waals surface area (Å²) in [6.07, 6.45) is 6.74. The van der Waals surface area contributed by atoms with Crippen LogP contribution < -0.4 is 14.9 Å². The number of hydrogen-bond acceptors (Lipinski definition) is 5. The average Bonchev–Trinajstić information content (AvgIpc) is 3.12. The Morgan fingerprint density at radius 3 is 2.79 bits per heavy atom. The number of fused-ring (bicyclic) bond motifs is 1. The molecule has 6 nitrogen and oxygen atoms in total. The molecule has 1 heterocycles. The Morgan fingerprint density at radius 2 is 2.03 bits per heavy atom. The zero-order chi connectivity index (χ0) is 20.8. The number of furan rings is 1. The molecule has 0 aliphatic heterocycles. The van der Waals surface area contributed by atoms with Crippen LogP contribution in [0.3, 0.4) is 0 Å². The number of nitrogens with zero attached hydrogens (tertiary/aromatic N) is 1. The largest absolute Gasteiger partial charge is 0.490 e. The lowest BCUT2D eigenvalue weighted by Gasteiger charge is -2.12. The number of carbonyl (C=O) groups is 1. The van der Waals surface area contributed by atoms with Crippen LogP contribution in [0.1, 0.15) is 23.0 Å². The third-order valence-corrected chi connectivity index (χ3v) is 4.93. The SMILES string of the molecule is C#CCOc1cc(Br)c(/C=N/NC(=O)c2cc3cc(Br)ccc3o2)cc1OCC. The molecule has 3 rings (SSSR count). The fourth-order valence-electron chi connectivity index (χ4n) is 2.49. The molecule has 29 heavy (non-hydrogen) atoms. The zero-order valence-electron chi connectivity index (χ0n) is 15.4. The minimum Gasteiger partial charge on any atom is -0.490 e. The summed E-state index contributed by atoms with van der Waals surface area (Å²) in [5, 5.41) is 4.83. The number of amides is 1. The molecule has 0 saturated heterocycles. The van der Waals surface area contributed by atoms with Gasteiger partial charge in [-0.1, -0.05) is 21.9 Å². The van der Waals surface area contributed by atoms with E-state index in [9.17, 15) is 4.79 Å². The predicted molar refractivity (Wildman–Crippen MR) is 119 cm³/mol. The number of nitrogens with one attached hydrogen (secondary N) is 1. The van der Waals surface area contributed by atoms with Crippen molar-refractivity contribution in [3.63, 3.8) is 0 Å². The van der Waals surface area contributed by atoms with Crippen LogP contribution in [-0.2, 0) is 0 Å². The van der Waals surface area contributed by atoms with Crippen molar-refractivity contribution in [3.8, 4) is 23.8 Å².